The van der Waals surface area contributed by atoms with Crippen molar-refractivity contribution in [3.8, 4) is 11.3 Å². The van der Waals surface area contributed by atoms with Crippen LogP contribution in [0.15, 0.2) is 41.3 Å². The molecule has 7 nitrogen and oxygen atoms in total. The monoisotopic (exact) mass is 307 g/mol. The third-order valence-electron chi connectivity index (χ3n) is 3.45. The predicted molar refractivity (Wildman–Crippen MR) is 75.8 cm³/mol. The van der Waals surface area contributed by atoms with Crippen LogP contribution in [0.4, 0.5) is 5.69 Å². The van der Waals surface area contributed by atoms with Crippen molar-refractivity contribution in [1.29, 1.82) is 0 Å². The normalized spacial score (nSPS) is 19.2. The molecule has 0 spiro atoms. The van der Waals surface area contributed by atoms with Gasteiger partial charge in [-0.3, -0.25) is 4.79 Å². The zero-order valence-corrected chi connectivity index (χ0v) is 11.8. The zero-order valence-electron chi connectivity index (χ0n) is 11.0. The summed E-state index contributed by atoms with van der Waals surface area (Å²) in [5.74, 6) is 0.235. The molecule has 1 aromatic carbocycles. The minimum atomic E-state index is -3.74. The summed E-state index contributed by atoms with van der Waals surface area (Å²) in [5.41, 5.74) is 1.27. The van der Waals surface area contributed by atoms with Gasteiger partial charge in [0, 0.05) is 18.5 Å². The van der Waals surface area contributed by atoms with E-state index in [4.69, 9.17) is 9.56 Å². The summed E-state index contributed by atoms with van der Waals surface area (Å²) in [6.45, 7) is 0.0445. The minimum Gasteiger partial charge on any atom is -0.443 e. The SMILES string of the molecule is NS(=O)(=O)C1CC(=O)N(c2ccccc2-c2cnco2)C1. The molecule has 1 saturated heterocycles. The van der Waals surface area contributed by atoms with Crippen molar-refractivity contribution < 1.29 is 17.6 Å². The molecule has 0 saturated carbocycles. The summed E-state index contributed by atoms with van der Waals surface area (Å²) in [4.78, 5) is 17.4. The Morgan fingerprint density at radius 1 is 1.33 bits per heavy atom. The number of sulfonamides is 1. The molecule has 1 fully saturated rings. The number of aromatic nitrogens is 1. The van der Waals surface area contributed by atoms with Gasteiger partial charge < -0.3 is 9.32 Å². The Bertz CT molecular complexity index is 770. The average molecular weight is 307 g/mol. The molecule has 1 aromatic heterocycles. The van der Waals surface area contributed by atoms with E-state index in [1.165, 1.54) is 17.5 Å². The number of para-hydroxylation sites is 1. The molecule has 1 unspecified atom stereocenters. The largest absolute Gasteiger partial charge is 0.443 e. The number of carbonyl (C=O) groups excluding carboxylic acids is 1. The summed E-state index contributed by atoms with van der Waals surface area (Å²) < 4.78 is 28.1. The van der Waals surface area contributed by atoms with E-state index in [1.807, 2.05) is 0 Å². The highest BCUT2D eigenvalue weighted by molar-refractivity contribution is 7.89. The van der Waals surface area contributed by atoms with E-state index in [9.17, 15) is 13.2 Å². The number of anilines is 1. The third-order valence-corrected chi connectivity index (χ3v) is 4.69. The number of benzene rings is 1. The average Bonchev–Trinajstić information content (AvgIpc) is 3.07. The van der Waals surface area contributed by atoms with Crippen LogP contribution in [0.5, 0.6) is 0 Å². The molecule has 1 amide bonds. The molecule has 8 heteroatoms. The van der Waals surface area contributed by atoms with E-state index < -0.39 is 15.3 Å². The number of hydrogen-bond acceptors (Lipinski definition) is 5. The van der Waals surface area contributed by atoms with Crippen molar-refractivity contribution in [3.05, 3.63) is 36.9 Å². The van der Waals surface area contributed by atoms with E-state index in [-0.39, 0.29) is 18.9 Å². The summed E-state index contributed by atoms with van der Waals surface area (Å²) in [5, 5.41) is 4.26. The van der Waals surface area contributed by atoms with Crippen molar-refractivity contribution in [3.63, 3.8) is 0 Å². The van der Waals surface area contributed by atoms with Crippen LogP contribution < -0.4 is 10.0 Å². The first-order valence-corrected chi connectivity index (χ1v) is 7.87. The third kappa shape index (κ3) is 2.55. The van der Waals surface area contributed by atoms with Crippen LogP contribution in [0, 0.1) is 0 Å². The lowest BCUT2D eigenvalue weighted by molar-refractivity contribution is -0.117. The fourth-order valence-electron chi connectivity index (χ4n) is 2.39. The number of nitrogens with two attached hydrogens (primary N) is 1. The summed E-state index contributed by atoms with van der Waals surface area (Å²) >= 11 is 0. The minimum absolute atomic E-state index is 0.0445. The van der Waals surface area contributed by atoms with Gasteiger partial charge in [0.2, 0.25) is 15.9 Å². The van der Waals surface area contributed by atoms with Gasteiger partial charge in [-0.15, -0.1) is 0 Å². The van der Waals surface area contributed by atoms with Crippen LogP contribution in [0.3, 0.4) is 0 Å². The fourth-order valence-corrected chi connectivity index (χ4v) is 3.13. The number of hydrogen-bond donors (Lipinski definition) is 1. The maximum atomic E-state index is 12.1. The Labute approximate surface area is 121 Å². The van der Waals surface area contributed by atoms with Crippen molar-refractivity contribution in [2.24, 2.45) is 5.14 Å². The second-order valence-corrected chi connectivity index (χ2v) is 6.65. The number of nitrogens with zero attached hydrogens (tertiary/aromatic N) is 2. The van der Waals surface area contributed by atoms with Gasteiger partial charge in [0.05, 0.1) is 11.9 Å². The molecule has 21 heavy (non-hydrogen) atoms. The Morgan fingerprint density at radius 3 is 2.71 bits per heavy atom. The molecule has 3 rings (SSSR count). The van der Waals surface area contributed by atoms with E-state index in [1.54, 1.807) is 24.3 Å². The van der Waals surface area contributed by atoms with Crippen LogP contribution in [0.1, 0.15) is 6.42 Å². The molecule has 1 atom stereocenters. The maximum Gasteiger partial charge on any atom is 0.228 e. The molecular weight excluding hydrogens is 294 g/mol. The Hall–Kier alpha value is -2.19. The van der Waals surface area contributed by atoms with Gasteiger partial charge in [0.25, 0.3) is 0 Å². The zero-order chi connectivity index (χ0) is 15.0. The molecule has 0 radical (unpaired) electrons. The van der Waals surface area contributed by atoms with Crippen LogP contribution in [-0.4, -0.2) is 31.1 Å². The first kappa shape index (κ1) is 13.8. The van der Waals surface area contributed by atoms with Crippen molar-refractivity contribution in [2.45, 2.75) is 11.7 Å². The molecule has 1 aliphatic rings. The molecule has 1 aliphatic heterocycles. The topological polar surface area (TPSA) is 106 Å². The van der Waals surface area contributed by atoms with Crippen LogP contribution in [0.25, 0.3) is 11.3 Å². The van der Waals surface area contributed by atoms with E-state index in [0.29, 0.717) is 17.0 Å². The highest BCUT2D eigenvalue weighted by Gasteiger charge is 2.38. The van der Waals surface area contributed by atoms with Gasteiger partial charge in [-0.2, -0.15) is 0 Å². The van der Waals surface area contributed by atoms with Crippen molar-refractivity contribution in [1.82, 2.24) is 4.98 Å². The van der Waals surface area contributed by atoms with Gasteiger partial charge in [0.1, 0.15) is 5.25 Å². The Morgan fingerprint density at radius 2 is 2.10 bits per heavy atom. The first-order chi connectivity index (χ1) is 9.97. The maximum absolute atomic E-state index is 12.1. The quantitative estimate of drug-likeness (QED) is 0.900. The smallest absolute Gasteiger partial charge is 0.228 e. The van der Waals surface area contributed by atoms with Gasteiger partial charge in [0.15, 0.2) is 12.2 Å². The van der Waals surface area contributed by atoms with Crippen LogP contribution in [0.2, 0.25) is 0 Å². The molecule has 0 aliphatic carbocycles. The van der Waals surface area contributed by atoms with Gasteiger partial charge >= 0.3 is 0 Å². The highest BCUT2D eigenvalue weighted by Crippen LogP contribution is 2.33. The van der Waals surface area contributed by atoms with Gasteiger partial charge in [-0.25, -0.2) is 18.5 Å². The Kier molecular flexibility index (Phi) is 3.26. The lowest BCUT2D eigenvalue weighted by Gasteiger charge is -2.19. The van der Waals surface area contributed by atoms with Crippen molar-refractivity contribution >= 4 is 21.6 Å². The van der Waals surface area contributed by atoms with Crippen LogP contribution in [-0.2, 0) is 14.8 Å². The number of amides is 1. The fraction of sp³-hybridized carbons (Fsp3) is 0.231. The first-order valence-electron chi connectivity index (χ1n) is 6.26. The second kappa shape index (κ2) is 4.97. The second-order valence-electron chi connectivity index (χ2n) is 4.80. The molecule has 0 bridgehead atoms. The lowest BCUT2D eigenvalue weighted by atomic mass is 10.1. The van der Waals surface area contributed by atoms with Crippen molar-refractivity contribution in [2.75, 3.05) is 11.4 Å². The van der Waals surface area contributed by atoms with Gasteiger partial charge in [-0.1, -0.05) is 12.1 Å². The van der Waals surface area contributed by atoms with Gasteiger partial charge in [-0.05, 0) is 12.1 Å². The van der Waals surface area contributed by atoms with E-state index >= 15 is 0 Å². The standard InChI is InChI=1S/C13H13N3O4S/c14-21(18,19)9-5-13(17)16(7-9)11-4-2-1-3-10(11)12-6-15-8-20-12/h1-4,6,8-9H,5,7H2,(H2,14,18,19). The summed E-state index contributed by atoms with van der Waals surface area (Å²) in [6.07, 6.45) is 2.73. The van der Waals surface area contributed by atoms with E-state index in [0.717, 1.165) is 0 Å². The summed E-state index contributed by atoms with van der Waals surface area (Å²) in [7, 11) is -3.74. The number of carbonyl (C=O) groups is 1. The number of primary sulfonamides is 1. The number of oxazole rings is 1. The predicted octanol–water partition coefficient (Wildman–Crippen LogP) is 0.735. The lowest BCUT2D eigenvalue weighted by Crippen LogP contribution is -2.32. The molecule has 110 valence electrons. The summed E-state index contributed by atoms with van der Waals surface area (Å²) in [6, 6.07) is 7.10. The Balaban J connectivity index is 2.01. The van der Waals surface area contributed by atoms with E-state index in [2.05, 4.69) is 4.98 Å². The molecule has 2 heterocycles. The molecule has 2 aromatic rings. The molecular formula is C13H13N3O4S. The highest BCUT2D eigenvalue weighted by atomic mass is 32.2. The molecule has 2 N–H and O–H groups in total. The number of rotatable bonds is 3. The van der Waals surface area contributed by atoms with Crippen LogP contribution >= 0.6 is 0 Å².